The molecule has 0 fully saturated rings. The normalized spacial score (nSPS) is 11.2. The molecule has 0 heterocycles. The second-order valence-corrected chi connectivity index (χ2v) is 4.58. The summed E-state index contributed by atoms with van der Waals surface area (Å²) in [5.74, 6) is -0.351. The summed E-state index contributed by atoms with van der Waals surface area (Å²) in [5.41, 5.74) is 5.57. The summed E-state index contributed by atoms with van der Waals surface area (Å²) < 4.78 is 0. The largest absolute Gasteiger partial charge is 0.398 e. The molecule has 1 amide bonds. The van der Waals surface area contributed by atoms with E-state index in [1.807, 2.05) is 0 Å². The molecular weight excluding hydrogens is 228 g/mol. The number of anilines is 1. The Bertz CT molecular complexity index is 405. The van der Waals surface area contributed by atoms with E-state index in [-0.39, 0.29) is 17.5 Å². The van der Waals surface area contributed by atoms with Crippen LogP contribution < -0.4 is 11.1 Å². The molecule has 1 rings (SSSR count). The lowest BCUT2D eigenvalue weighted by atomic mass is 10.1. The van der Waals surface area contributed by atoms with Crippen LogP contribution in [-0.4, -0.2) is 23.2 Å². The van der Waals surface area contributed by atoms with Gasteiger partial charge in [-0.3, -0.25) is 4.79 Å². The molecule has 1 aromatic carbocycles. The molecule has 0 aliphatic rings. The predicted octanol–water partition coefficient (Wildman–Crippen LogP) is 1.42. The molecule has 88 valence electrons. The number of benzene rings is 1. The fourth-order valence-corrected chi connectivity index (χ4v) is 1.35. The van der Waals surface area contributed by atoms with E-state index in [9.17, 15) is 4.79 Å². The minimum Gasteiger partial charge on any atom is -0.398 e. The number of nitrogens with one attached hydrogen (secondary N) is 1. The van der Waals surface area contributed by atoms with Crippen molar-refractivity contribution in [3.8, 4) is 0 Å². The monoisotopic (exact) mass is 242 g/mol. The average Bonchev–Trinajstić information content (AvgIpc) is 2.21. The highest BCUT2D eigenvalue weighted by molar-refractivity contribution is 6.36. The number of rotatable bonds is 3. The van der Waals surface area contributed by atoms with Gasteiger partial charge in [0.15, 0.2) is 0 Å². The first kappa shape index (κ1) is 12.8. The summed E-state index contributed by atoms with van der Waals surface area (Å²) in [6, 6.07) is 4.86. The molecule has 4 N–H and O–H groups in total. The van der Waals surface area contributed by atoms with Crippen molar-refractivity contribution in [1.82, 2.24) is 5.32 Å². The first-order valence-corrected chi connectivity index (χ1v) is 5.22. The minimum absolute atomic E-state index is 0.154. The Balaban J connectivity index is 2.94. The number of nitrogens with two attached hydrogens (primary N) is 1. The topological polar surface area (TPSA) is 75.3 Å². The summed E-state index contributed by atoms with van der Waals surface area (Å²) in [7, 11) is 0. The quantitative estimate of drug-likeness (QED) is 0.702. The SMILES string of the molecule is CC(C)(CO)NC(=O)c1cccc(N)c1Cl. The lowest BCUT2D eigenvalue weighted by Crippen LogP contribution is -2.46. The van der Waals surface area contributed by atoms with Crippen molar-refractivity contribution in [2.75, 3.05) is 12.3 Å². The van der Waals surface area contributed by atoms with Crippen molar-refractivity contribution in [3.63, 3.8) is 0 Å². The molecule has 1 aromatic rings. The molecule has 0 aliphatic heterocycles. The number of carbonyl (C=O) groups is 1. The zero-order chi connectivity index (χ0) is 12.3. The van der Waals surface area contributed by atoms with E-state index in [0.717, 1.165) is 0 Å². The van der Waals surface area contributed by atoms with Crippen molar-refractivity contribution in [1.29, 1.82) is 0 Å². The summed E-state index contributed by atoms with van der Waals surface area (Å²) in [5, 5.41) is 11.9. The first-order chi connectivity index (χ1) is 7.37. The highest BCUT2D eigenvalue weighted by Crippen LogP contribution is 2.23. The van der Waals surface area contributed by atoms with Gasteiger partial charge in [0.2, 0.25) is 0 Å². The smallest absolute Gasteiger partial charge is 0.253 e. The third-order valence-corrected chi connectivity index (χ3v) is 2.54. The van der Waals surface area contributed by atoms with Crippen LogP contribution in [0.4, 0.5) is 5.69 Å². The summed E-state index contributed by atoms with van der Waals surface area (Å²) in [6.45, 7) is 3.27. The van der Waals surface area contributed by atoms with Gasteiger partial charge in [0, 0.05) is 0 Å². The summed E-state index contributed by atoms with van der Waals surface area (Å²) >= 11 is 5.91. The molecule has 0 bridgehead atoms. The molecule has 0 spiro atoms. The van der Waals surface area contributed by atoms with Crippen LogP contribution in [-0.2, 0) is 0 Å². The van der Waals surface area contributed by atoms with E-state index in [1.54, 1.807) is 32.0 Å². The van der Waals surface area contributed by atoms with Gasteiger partial charge in [0.1, 0.15) is 0 Å². The number of amides is 1. The third-order valence-electron chi connectivity index (χ3n) is 2.12. The Kier molecular flexibility index (Phi) is 3.78. The minimum atomic E-state index is -0.689. The van der Waals surface area contributed by atoms with Gasteiger partial charge < -0.3 is 16.2 Å². The van der Waals surface area contributed by atoms with Gasteiger partial charge in [-0.25, -0.2) is 0 Å². The van der Waals surface area contributed by atoms with Crippen LogP contribution in [0.2, 0.25) is 5.02 Å². The number of hydrogen-bond acceptors (Lipinski definition) is 3. The van der Waals surface area contributed by atoms with Crippen molar-refractivity contribution >= 4 is 23.2 Å². The fraction of sp³-hybridized carbons (Fsp3) is 0.364. The number of nitrogen functional groups attached to an aromatic ring is 1. The maximum Gasteiger partial charge on any atom is 0.253 e. The van der Waals surface area contributed by atoms with Gasteiger partial charge in [-0.1, -0.05) is 17.7 Å². The highest BCUT2D eigenvalue weighted by Gasteiger charge is 2.21. The average molecular weight is 243 g/mol. The molecule has 0 saturated carbocycles. The van der Waals surface area contributed by atoms with E-state index in [1.165, 1.54) is 0 Å². The molecule has 0 aliphatic carbocycles. The Labute approximate surface area is 99.4 Å². The zero-order valence-electron chi connectivity index (χ0n) is 9.25. The van der Waals surface area contributed by atoms with Crippen molar-refractivity contribution in [3.05, 3.63) is 28.8 Å². The number of aliphatic hydroxyl groups is 1. The van der Waals surface area contributed by atoms with Gasteiger partial charge in [-0.2, -0.15) is 0 Å². The second kappa shape index (κ2) is 4.72. The number of hydrogen-bond donors (Lipinski definition) is 3. The van der Waals surface area contributed by atoms with E-state index < -0.39 is 5.54 Å². The second-order valence-electron chi connectivity index (χ2n) is 4.20. The lowest BCUT2D eigenvalue weighted by Gasteiger charge is -2.23. The Morgan fingerprint density at radius 1 is 1.56 bits per heavy atom. The van der Waals surface area contributed by atoms with Gasteiger partial charge in [0.05, 0.1) is 28.4 Å². The molecular formula is C11H15ClN2O2. The fourth-order valence-electron chi connectivity index (χ4n) is 1.14. The van der Waals surface area contributed by atoms with Gasteiger partial charge in [-0.05, 0) is 26.0 Å². The molecule has 0 atom stereocenters. The van der Waals surface area contributed by atoms with Crippen LogP contribution in [0.15, 0.2) is 18.2 Å². The van der Waals surface area contributed by atoms with E-state index in [0.29, 0.717) is 11.3 Å². The van der Waals surface area contributed by atoms with E-state index in [2.05, 4.69) is 5.32 Å². The molecule has 4 nitrogen and oxygen atoms in total. The van der Waals surface area contributed by atoms with Crippen molar-refractivity contribution < 1.29 is 9.90 Å². The van der Waals surface area contributed by atoms with Crippen molar-refractivity contribution in [2.24, 2.45) is 0 Å². The van der Waals surface area contributed by atoms with Gasteiger partial charge in [-0.15, -0.1) is 0 Å². The molecule has 0 unspecified atom stereocenters. The van der Waals surface area contributed by atoms with Crippen molar-refractivity contribution in [2.45, 2.75) is 19.4 Å². The van der Waals surface area contributed by atoms with E-state index >= 15 is 0 Å². The molecule has 0 radical (unpaired) electrons. The third kappa shape index (κ3) is 2.87. The Hall–Kier alpha value is -1.26. The maximum absolute atomic E-state index is 11.8. The van der Waals surface area contributed by atoms with Crippen LogP contribution in [0.3, 0.4) is 0 Å². The van der Waals surface area contributed by atoms with Crippen LogP contribution in [0.1, 0.15) is 24.2 Å². The van der Waals surface area contributed by atoms with Crippen LogP contribution in [0.5, 0.6) is 0 Å². The van der Waals surface area contributed by atoms with Crippen LogP contribution in [0, 0.1) is 0 Å². The number of carbonyl (C=O) groups excluding carboxylic acids is 1. The zero-order valence-corrected chi connectivity index (χ0v) is 10.0. The number of aliphatic hydroxyl groups excluding tert-OH is 1. The van der Waals surface area contributed by atoms with Gasteiger partial charge in [0.25, 0.3) is 5.91 Å². The van der Waals surface area contributed by atoms with Crippen LogP contribution in [0.25, 0.3) is 0 Å². The molecule has 0 saturated heterocycles. The maximum atomic E-state index is 11.8. The Morgan fingerprint density at radius 3 is 2.75 bits per heavy atom. The molecule has 0 aromatic heterocycles. The van der Waals surface area contributed by atoms with Crippen LogP contribution >= 0.6 is 11.6 Å². The predicted molar refractivity (Wildman–Crippen MR) is 64.5 cm³/mol. The first-order valence-electron chi connectivity index (χ1n) is 4.85. The Morgan fingerprint density at radius 2 is 2.19 bits per heavy atom. The standard InChI is InChI=1S/C11H15ClN2O2/c1-11(2,6-15)14-10(16)7-4-3-5-8(13)9(7)12/h3-5,15H,6,13H2,1-2H3,(H,14,16). The van der Waals surface area contributed by atoms with Gasteiger partial charge >= 0.3 is 0 Å². The molecule has 5 heteroatoms. The van der Waals surface area contributed by atoms with E-state index in [4.69, 9.17) is 22.4 Å². The summed E-state index contributed by atoms with van der Waals surface area (Å²) in [6.07, 6.45) is 0. The summed E-state index contributed by atoms with van der Waals surface area (Å²) in [4.78, 5) is 11.8. The molecule has 16 heavy (non-hydrogen) atoms. The highest BCUT2D eigenvalue weighted by atomic mass is 35.5. The number of halogens is 1. The lowest BCUT2D eigenvalue weighted by molar-refractivity contribution is 0.0869.